The van der Waals surface area contributed by atoms with E-state index in [9.17, 15) is 14.0 Å². The molecule has 0 unspecified atom stereocenters. The summed E-state index contributed by atoms with van der Waals surface area (Å²) in [4.78, 5) is 22.7. The largest absolute Gasteiger partial charge is 0.299 e. The van der Waals surface area contributed by atoms with Gasteiger partial charge in [0.25, 0.3) is 0 Å². The van der Waals surface area contributed by atoms with Gasteiger partial charge in [0.05, 0.1) is 12.0 Å². The number of rotatable bonds is 5. The highest BCUT2D eigenvalue weighted by Crippen LogP contribution is 2.10. The number of Topliss-reactive ketones (excluding diaryl/α,β-unsaturated/α-hetero) is 2. The summed E-state index contributed by atoms with van der Waals surface area (Å²) in [5, 5.41) is 0. The van der Waals surface area contributed by atoms with Gasteiger partial charge in [0.2, 0.25) is 0 Å². The first-order chi connectivity index (χ1) is 7.15. The smallest absolute Gasteiger partial charge is 0.173 e. The van der Waals surface area contributed by atoms with Gasteiger partial charge in [0, 0.05) is 6.42 Å². The molecule has 0 heterocycles. The number of benzene rings is 1. The molecule has 0 aliphatic carbocycles. The van der Waals surface area contributed by atoms with E-state index in [0.29, 0.717) is 12.8 Å². The highest BCUT2D eigenvalue weighted by molar-refractivity contribution is 6.08. The second-order valence-electron chi connectivity index (χ2n) is 3.37. The van der Waals surface area contributed by atoms with E-state index in [4.69, 9.17) is 0 Å². The second kappa shape index (κ2) is 5.39. The number of carbonyl (C=O) groups excluding carboxylic acids is 2. The zero-order chi connectivity index (χ0) is 11.3. The molecular weight excluding hydrogens is 195 g/mol. The van der Waals surface area contributed by atoms with Crippen LogP contribution in [-0.4, -0.2) is 11.6 Å². The van der Waals surface area contributed by atoms with Crippen molar-refractivity contribution in [2.24, 2.45) is 0 Å². The van der Waals surface area contributed by atoms with E-state index in [0.717, 1.165) is 0 Å². The first kappa shape index (κ1) is 11.6. The van der Waals surface area contributed by atoms with Crippen molar-refractivity contribution >= 4 is 11.6 Å². The van der Waals surface area contributed by atoms with Crippen LogP contribution in [0.15, 0.2) is 24.3 Å². The maximum absolute atomic E-state index is 13.1. The predicted octanol–water partition coefficient (Wildman–Crippen LogP) is 2.77. The third-order valence-corrected chi connectivity index (χ3v) is 2.06. The van der Waals surface area contributed by atoms with Gasteiger partial charge in [-0.25, -0.2) is 4.39 Å². The first-order valence-electron chi connectivity index (χ1n) is 4.94. The Morgan fingerprint density at radius 2 is 1.93 bits per heavy atom. The molecule has 0 N–H and O–H groups in total. The van der Waals surface area contributed by atoms with Gasteiger partial charge in [-0.1, -0.05) is 19.1 Å². The molecule has 0 saturated carbocycles. The number of ketones is 2. The van der Waals surface area contributed by atoms with Crippen molar-refractivity contribution in [1.82, 2.24) is 0 Å². The number of halogens is 1. The van der Waals surface area contributed by atoms with E-state index in [-0.39, 0.29) is 17.8 Å². The molecule has 0 radical (unpaired) electrons. The molecule has 2 nitrogen and oxygen atoms in total. The van der Waals surface area contributed by atoms with Crippen molar-refractivity contribution in [1.29, 1.82) is 0 Å². The Bertz CT molecular complexity index is 372. The molecule has 0 spiro atoms. The molecule has 0 aliphatic rings. The molecule has 0 fully saturated rings. The van der Waals surface area contributed by atoms with Crippen LogP contribution in [0.1, 0.15) is 36.5 Å². The minimum atomic E-state index is -0.563. The molecule has 0 saturated heterocycles. The van der Waals surface area contributed by atoms with Crippen LogP contribution in [0.25, 0.3) is 0 Å². The molecular formula is C12H13FO2. The summed E-state index contributed by atoms with van der Waals surface area (Å²) >= 11 is 0. The second-order valence-corrected chi connectivity index (χ2v) is 3.37. The Balaban J connectivity index is 2.70. The molecule has 0 atom stereocenters. The lowest BCUT2D eigenvalue weighted by Gasteiger charge is -2.01. The minimum absolute atomic E-state index is 0.00181. The summed E-state index contributed by atoms with van der Waals surface area (Å²) in [5.41, 5.74) is 0.00181. The van der Waals surface area contributed by atoms with Gasteiger partial charge < -0.3 is 0 Å². The number of hydrogen-bond donors (Lipinski definition) is 0. The topological polar surface area (TPSA) is 34.1 Å². The highest BCUT2D eigenvalue weighted by Gasteiger charge is 2.14. The maximum Gasteiger partial charge on any atom is 0.173 e. The molecule has 0 amide bonds. The lowest BCUT2D eigenvalue weighted by molar-refractivity contribution is -0.118. The summed E-state index contributed by atoms with van der Waals surface area (Å²) < 4.78 is 13.1. The van der Waals surface area contributed by atoms with Crippen LogP contribution in [0.5, 0.6) is 0 Å². The van der Waals surface area contributed by atoms with E-state index in [1.165, 1.54) is 18.2 Å². The summed E-state index contributed by atoms with van der Waals surface area (Å²) in [7, 11) is 0. The van der Waals surface area contributed by atoms with E-state index < -0.39 is 11.6 Å². The fourth-order valence-corrected chi connectivity index (χ4v) is 1.33. The number of hydrogen-bond acceptors (Lipinski definition) is 2. The predicted molar refractivity (Wildman–Crippen MR) is 55.3 cm³/mol. The molecule has 15 heavy (non-hydrogen) atoms. The molecule has 0 aliphatic heterocycles. The van der Waals surface area contributed by atoms with Crippen molar-refractivity contribution in [2.45, 2.75) is 26.2 Å². The van der Waals surface area contributed by atoms with Crippen molar-refractivity contribution in [3.63, 3.8) is 0 Å². The van der Waals surface area contributed by atoms with Crippen LogP contribution < -0.4 is 0 Å². The highest BCUT2D eigenvalue weighted by atomic mass is 19.1. The Morgan fingerprint density at radius 1 is 1.27 bits per heavy atom. The van der Waals surface area contributed by atoms with Crippen LogP contribution >= 0.6 is 0 Å². The van der Waals surface area contributed by atoms with Gasteiger partial charge in [-0.3, -0.25) is 9.59 Å². The molecule has 1 aromatic rings. The number of carbonyl (C=O) groups is 2. The van der Waals surface area contributed by atoms with Crippen LogP contribution in [0.3, 0.4) is 0 Å². The van der Waals surface area contributed by atoms with Crippen molar-refractivity contribution in [2.75, 3.05) is 0 Å². The molecule has 1 rings (SSSR count). The summed E-state index contributed by atoms with van der Waals surface area (Å²) in [6.07, 6.45) is 0.887. The van der Waals surface area contributed by atoms with Crippen molar-refractivity contribution in [3.05, 3.63) is 35.6 Å². The molecule has 3 heteroatoms. The first-order valence-corrected chi connectivity index (χ1v) is 4.94. The van der Waals surface area contributed by atoms with Crippen LogP contribution in [0.2, 0.25) is 0 Å². The zero-order valence-corrected chi connectivity index (χ0v) is 8.63. The quantitative estimate of drug-likeness (QED) is 0.550. The van der Waals surface area contributed by atoms with Gasteiger partial charge in [0.1, 0.15) is 11.6 Å². The third kappa shape index (κ3) is 3.27. The lowest BCUT2D eigenvalue weighted by atomic mass is 10.0. The summed E-state index contributed by atoms with van der Waals surface area (Å²) in [6, 6.07) is 5.72. The monoisotopic (exact) mass is 208 g/mol. The average Bonchev–Trinajstić information content (AvgIpc) is 2.18. The van der Waals surface area contributed by atoms with Gasteiger partial charge in [-0.15, -0.1) is 0 Å². The maximum atomic E-state index is 13.1. The lowest BCUT2D eigenvalue weighted by Crippen LogP contribution is -2.09. The fraction of sp³-hybridized carbons (Fsp3) is 0.333. The Kier molecular flexibility index (Phi) is 4.16. The van der Waals surface area contributed by atoms with Gasteiger partial charge >= 0.3 is 0 Å². The summed E-state index contributed by atoms with van der Waals surface area (Å²) in [5.74, 6) is -1.14. The van der Waals surface area contributed by atoms with Crippen LogP contribution in [0.4, 0.5) is 4.39 Å². The zero-order valence-electron chi connectivity index (χ0n) is 8.63. The molecule has 0 aromatic heterocycles. The fourth-order valence-electron chi connectivity index (χ4n) is 1.33. The SMILES string of the molecule is CCCC(=O)CC(=O)c1ccccc1F. The van der Waals surface area contributed by atoms with Gasteiger partial charge in [-0.2, -0.15) is 0 Å². The van der Waals surface area contributed by atoms with Gasteiger partial charge in [-0.05, 0) is 18.6 Å². The molecule has 0 bridgehead atoms. The standard InChI is InChI=1S/C12H13FO2/c1-2-5-9(14)8-12(15)10-6-3-4-7-11(10)13/h3-4,6-7H,2,5,8H2,1H3. The van der Waals surface area contributed by atoms with Crippen LogP contribution in [-0.2, 0) is 4.79 Å². The van der Waals surface area contributed by atoms with E-state index in [1.54, 1.807) is 6.07 Å². The normalized spacial score (nSPS) is 10.0. The Morgan fingerprint density at radius 3 is 2.53 bits per heavy atom. The Hall–Kier alpha value is -1.51. The van der Waals surface area contributed by atoms with Gasteiger partial charge in [0.15, 0.2) is 5.78 Å². The van der Waals surface area contributed by atoms with Crippen molar-refractivity contribution in [3.8, 4) is 0 Å². The van der Waals surface area contributed by atoms with E-state index in [2.05, 4.69) is 0 Å². The summed E-state index contributed by atoms with van der Waals surface area (Å²) in [6.45, 7) is 1.87. The minimum Gasteiger partial charge on any atom is -0.299 e. The van der Waals surface area contributed by atoms with E-state index >= 15 is 0 Å². The van der Waals surface area contributed by atoms with Crippen molar-refractivity contribution < 1.29 is 14.0 Å². The molecule has 1 aromatic carbocycles. The van der Waals surface area contributed by atoms with Crippen LogP contribution in [0, 0.1) is 5.82 Å². The third-order valence-electron chi connectivity index (χ3n) is 2.06. The average molecular weight is 208 g/mol. The molecule has 80 valence electrons. The van der Waals surface area contributed by atoms with E-state index in [1.807, 2.05) is 6.92 Å². The Labute approximate surface area is 88.1 Å².